The number of hydrogen-bond donors (Lipinski definition) is 2. The van der Waals surface area contributed by atoms with Crippen molar-refractivity contribution in [2.45, 2.75) is 31.7 Å². The second-order valence-electron chi connectivity index (χ2n) is 9.81. The Bertz CT molecular complexity index is 1890. The van der Waals surface area contributed by atoms with Gasteiger partial charge in [-0.2, -0.15) is 22.0 Å². The molecule has 0 fully saturated rings. The summed E-state index contributed by atoms with van der Waals surface area (Å²) in [6, 6.07) is 5.32. The van der Waals surface area contributed by atoms with Crippen LogP contribution in [0.2, 0.25) is 5.02 Å². The Kier molecular flexibility index (Phi) is 7.99. The van der Waals surface area contributed by atoms with Crippen molar-refractivity contribution in [1.29, 1.82) is 0 Å². The van der Waals surface area contributed by atoms with Gasteiger partial charge in [0.05, 0.1) is 29.2 Å². The van der Waals surface area contributed by atoms with Crippen molar-refractivity contribution in [3.05, 3.63) is 106 Å². The molecule has 1 aliphatic rings. The molecule has 1 aromatic heterocycles. The predicted molar refractivity (Wildman–Crippen MR) is 148 cm³/mol. The first kappa shape index (κ1) is 31.1. The second-order valence-corrected chi connectivity index (χ2v) is 10.2. The summed E-state index contributed by atoms with van der Waals surface area (Å²) in [6.07, 6.45) is -7.89. The largest absolute Gasteiger partial charge is 0.416 e. The molecule has 44 heavy (non-hydrogen) atoms. The van der Waals surface area contributed by atoms with Gasteiger partial charge in [0, 0.05) is 51.4 Å². The summed E-state index contributed by atoms with van der Waals surface area (Å²) in [4.78, 5) is 3.82. The third kappa shape index (κ3) is 5.42. The van der Waals surface area contributed by atoms with E-state index in [1.54, 1.807) is 0 Å². The molecule has 1 unspecified atom stereocenters. The van der Waals surface area contributed by atoms with Crippen molar-refractivity contribution < 1.29 is 39.5 Å². The molecule has 1 aliphatic heterocycles. The third-order valence-electron chi connectivity index (χ3n) is 7.06. The first-order valence-corrected chi connectivity index (χ1v) is 13.1. The SMILES string of the molecule is C=C(Nc1cc2c(c3c1C(c1cc(F)ccc1Cl)NC3=C)n(C(F)F)c(=NC)n2CC(F)F)c1cc(F)cc(C(F)(F)F)c1. The zero-order chi connectivity index (χ0) is 32.2. The molecule has 0 aliphatic carbocycles. The molecule has 5 nitrogen and oxygen atoms in total. The van der Waals surface area contributed by atoms with Crippen molar-refractivity contribution >= 4 is 39.7 Å². The Morgan fingerprint density at radius 3 is 2.39 bits per heavy atom. The minimum absolute atomic E-state index is 0.00318. The van der Waals surface area contributed by atoms with E-state index in [1.807, 2.05) is 0 Å². The number of anilines is 1. The van der Waals surface area contributed by atoms with Gasteiger partial charge in [-0.05, 0) is 42.5 Å². The smallest absolute Gasteiger partial charge is 0.374 e. The van der Waals surface area contributed by atoms with Gasteiger partial charge in [-0.3, -0.25) is 9.56 Å². The summed E-state index contributed by atoms with van der Waals surface area (Å²) < 4.78 is 127. The van der Waals surface area contributed by atoms with Gasteiger partial charge < -0.3 is 15.2 Å². The lowest BCUT2D eigenvalue weighted by atomic mass is 9.94. The van der Waals surface area contributed by atoms with Gasteiger partial charge in [0.1, 0.15) is 11.6 Å². The van der Waals surface area contributed by atoms with Crippen LogP contribution in [0, 0.1) is 11.6 Å². The lowest BCUT2D eigenvalue weighted by Gasteiger charge is -2.21. The molecule has 5 rings (SSSR count). The molecule has 2 heterocycles. The molecule has 2 N–H and O–H groups in total. The summed E-state index contributed by atoms with van der Waals surface area (Å²) in [5.41, 5.74) is -2.52. The van der Waals surface area contributed by atoms with Crippen LogP contribution in [0.15, 0.2) is 60.6 Å². The maximum Gasteiger partial charge on any atom is 0.416 e. The number of hydrogen-bond acceptors (Lipinski definition) is 3. The predicted octanol–water partition coefficient (Wildman–Crippen LogP) is 8.33. The molecule has 0 amide bonds. The van der Waals surface area contributed by atoms with Crippen molar-refractivity contribution in [3.8, 4) is 0 Å². The maximum atomic E-state index is 14.6. The minimum Gasteiger partial charge on any atom is -0.374 e. The maximum absolute atomic E-state index is 14.6. The molecule has 0 spiro atoms. The van der Waals surface area contributed by atoms with Gasteiger partial charge in [-0.15, -0.1) is 0 Å². The number of nitrogens with one attached hydrogen (secondary N) is 2. The van der Waals surface area contributed by atoms with E-state index in [2.05, 4.69) is 28.8 Å². The first-order valence-electron chi connectivity index (χ1n) is 12.7. The molecule has 0 saturated heterocycles. The molecule has 0 saturated carbocycles. The van der Waals surface area contributed by atoms with Gasteiger partial charge >= 0.3 is 12.7 Å². The highest BCUT2D eigenvalue weighted by Gasteiger charge is 2.37. The quantitative estimate of drug-likeness (QED) is 0.199. The van der Waals surface area contributed by atoms with Crippen LogP contribution in [0.1, 0.15) is 40.4 Å². The highest BCUT2D eigenvalue weighted by Crippen LogP contribution is 2.47. The summed E-state index contributed by atoms with van der Waals surface area (Å²) in [5.74, 6) is -1.90. The van der Waals surface area contributed by atoms with Gasteiger partial charge in [-0.25, -0.2) is 17.6 Å². The van der Waals surface area contributed by atoms with Crippen LogP contribution < -0.4 is 16.3 Å². The lowest BCUT2D eigenvalue weighted by molar-refractivity contribution is -0.137. The number of halogens is 10. The van der Waals surface area contributed by atoms with Crippen LogP contribution in [0.4, 0.5) is 45.2 Å². The van der Waals surface area contributed by atoms with E-state index in [4.69, 9.17) is 11.6 Å². The molecule has 1 atom stereocenters. The molecular weight excluding hydrogens is 625 g/mol. The van der Waals surface area contributed by atoms with E-state index in [0.29, 0.717) is 16.7 Å². The average Bonchev–Trinajstić information content (AvgIpc) is 3.43. The molecule has 3 aromatic carbocycles. The Morgan fingerprint density at radius 1 is 1.07 bits per heavy atom. The Morgan fingerprint density at radius 2 is 1.77 bits per heavy atom. The molecule has 15 heteroatoms. The Hall–Kier alpha value is -4.33. The van der Waals surface area contributed by atoms with Crippen LogP contribution in [0.3, 0.4) is 0 Å². The fourth-order valence-corrected chi connectivity index (χ4v) is 5.58. The zero-order valence-electron chi connectivity index (χ0n) is 22.5. The van der Waals surface area contributed by atoms with E-state index in [-0.39, 0.29) is 55.4 Å². The molecule has 0 radical (unpaired) electrons. The van der Waals surface area contributed by atoms with Crippen LogP contribution >= 0.6 is 11.6 Å². The average molecular weight is 646 g/mol. The summed E-state index contributed by atoms with van der Waals surface area (Å²) in [7, 11) is 1.14. The van der Waals surface area contributed by atoms with Crippen molar-refractivity contribution in [2.75, 3.05) is 12.4 Å². The summed E-state index contributed by atoms with van der Waals surface area (Å²) in [5, 5.41) is 5.83. The van der Waals surface area contributed by atoms with Gasteiger partial charge in [0.25, 0.3) is 6.43 Å². The lowest BCUT2D eigenvalue weighted by Crippen LogP contribution is -2.28. The fraction of sp³-hybridized carbons (Fsp3) is 0.207. The van der Waals surface area contributed by atoms with Crippen molar-refractivity contribution in [1.82, 2.24) is 14.5 Å². The Balaban J connectivity index is 1.83. The van der Waals surface area contributed by atoms with Crippen LogP contribution in [0.25, 0.3) is 22.4 Å². The molecule has 4 aromatic rings. The van der Waals surface area contributed by atoms with Gasteiger partial charge in [-0.1, -0.05) is 24.8 Å². The highest BCUT2D eigenvalue weighted by molar-refractivity contribution is 6.31. The second kappa shape index (κ2) is 11.3. The number of benzene rings is 3. The van der Waals surface area contributed by atoms with Crippen LogP contribution in [-0.4, -0.2) is 22.6 Å². The number of alkyl halides is 7. The van der Waals surface area contributed by atoms with E-state index in [1.165, 1.54) is 12.1 Å². The minimum atomic E-state index is -4.89. The van der Waals surface area contributed by atoms with E-state index in [9.17, 15) is 39.5 Å². The van der Waals surface area contributed by atoms with Crippen molar-refractivity contribution in [2.24, 2.45) is 4.99 Å². The van der Waals surface area contributed by atoms with E-state index < -0.39 is 54.6 Å². The monoisotopic (exact) mass is 645 g/mol. The zero-order valence-corrected chi connectivity index (χ0v) is 23.3. The van der Waals surface area contributed by atoms with E-state index >= 15 is 0 Å². The number of imidazole rings is 1. The van der Waals surface area contributed by atoms with Gasteiger partial charge in [0.2, 0.25) is 5.62 Å². The number of fused-ring (bicyclic) bond motifs is 3. The highest BCUT2D eigenvalue weighted by atomic mass is 35.5. The first-order chi connectivity index (χ1) is 20.6. The van der Waals surface area contributed by atoms with Gasteiger partial charge in [0.15, 0.2) is 0 Å². The van der Waals surface area contributed by atoms with Crippen LogP contribution in [0.5, 0.6) is 0 Å². The summed E-state index contributed by atoms with van der Waals surface area (Å²) >= 11 is 6.38. The Labute approximate surface area is 248 Å². The van der Waals surface area contributed by atoms with Crippen LogP contribution in [-0.2, 0) is 12.7 Å². The van der Waals surface area contributed by atoms with E-state index in [0.717, 1.165) is 29.8 Å². The number of rotatable bonds is 7. The molecular formula is C29H21ClF9N5. The summed E-state index contributed by atoms with van der Waals surface area (Å²) in [6.45, 7) is 3.34. The standard InChI is InChI=1S/C29H21ClF9N5/c1-12(14-6-15(29(37,38)39)8-17(32)7-14)41-20-10-21-26(44(27(35)36)28(40-3)43(21)11-22(33)34)23-13(2)42-25(24(20)23)18-9-16(31)4-5-19(18)30/h4-10,22,25,27,41-42H,1-2,11H2,3H3. The third-order valence-corrected chi connectivity index (χ3v) is 7.41. The molecule has 232 valence electrons. The van der Waals surface area contributed by atoms with Crippen molar-refractivity contribution in [3.63, 3.8) is 0 Å². The fourth-order valence-electron chi connectivity index (χ4n) is 5.35. The number of aromatic nitrogens is 2. The number of nitrogens with zero attached hydrogens (tertiary/aromatic N) is 3. The molecule has 0 bridgehead atoms. The normalized spacial score (nSPS) is 15.4. The topological polar surface area (TPSA) is 46.3 Å².